The summed E-state index contributed by atoms with van der Waals surface area (Å²) in [6, 6.07) is 11.2. The predicted octanol–water partition coefficient (Wildman–Crippen LogP) is 2.35. The van der Waals surface area contributed by atoms with E-state index in [0.29, 0.717) is 12.1 Å². The van der Waals surface area contributed by atoms with Crippen LogP contribution in [-0.2, 0) is 14.9 Å². The van der Waals surface area contributed by atoms with E-state index in [1.807, 2.05) is 18.2 Å². The highest BCUT2D eigenvalue weighted by atomic mass is 16.5. The lowest BCUT2D eigenvalue weighted by Gasteiger charge is -2.43. The van der Waals surface area contributed by atoms with Crippen LogP contribution in [0.3, 0.4) is 0 Å². The van der Waals surface area contributed by atoms with Crippen molar-refractivity contribution < 1.29 is 9.53 Å². The molecule has 3 rings (SSSR count). The molecule has 2 aliphatic heterocycles. The summed E-state index contributed by atoms with van der Waals surface area (Å²) in [4.78, 5) is 14.9. The number of benzene rings is 1. The van der Waals surface area contributed by atoms with Gasteiger partial charge in [0.15, 0.2) is 0 Å². The summed E-state index contributed by atoms with van der Waals surface area (Å²) in [5.41, 5.74) is 0.681. The molecule has 2 heterocycles. The summed E-state index contributed by atoms with van der Waals surface area (Å²) >= 11 is 0. The van der Waals surface area contributed by atoms with Gasteiger partial charge < -0.3 is 9.64 Å². The van der Waals surface area contributed by atoms with Gasteiger partial charge in [-0.2, -0.15) is 0 Å². The van der Waals surface area contributed by atoms with Crippen molar-refractivity contribution in [3.05, 3.63) is 35.9 Å². The minimum atomic E-state index is -0.436. The zero-order valence-electron chi connectivity index (χ0n) is 11.6. The second-order valence-corrected chi connectivity index (χ2v) is 5.90. The smallest absolute Gasteiger partial charge is 0.316 e. The third-order valence-corrected chi connectivity index (χ3v) is 5.06. The number of hydrogen-bond donors (Lipinski definition) is 0. The van der Waals surface area contributed by atoms with Crippen LogP contribution in [0.15, 0.2) is 30.3 Å². The van der Waals surface area contributed by atoms with E-state index in [1.54, 1.807) is 0 Å². The molecule has 1 aromatic carbocycles. The van der Waals surface area contributed by atoms with Crippen molar-refractivity contribution in [2.45, 2.75) is 43.2 Å². The van der Waals surface area contributed by atoms with Crippen LogP contribution >= 0.6 is 0 Å². The summed E-state index contributed by atoms with van der Waals surface area (Å²) in [5, 5.41) is 0. The van der Waals surface area contributed by atoms with Gasteiger partial charge in [0.2, 0.25) is 0 Å². The largest absolute Gasteiger partial charge is 0.468 e. The standard InChI is InChI=1S/C16H21NO2/c1-17-13-8-9-14(17)11-16(10-13,15(18)19-2)12-6-4-3-5-7-12/h3-7,13-14H,8-11H2,1-2H3/t13-,14+,16?. The Kier molecular flexibility index (Phi) is 3.09. The average molecular weight is 259 g/mol. The SMILES string of the molecule is COC(=O)C1(c2ccccc2)C[C@H]2CC[C@@H](C1)N2C. The number of esters is 1. The van der Waals surface area contributed by atoms with Crippen LogP contribution in [-0.4, -0.2) is 37.1 Å². The van der Waals surface area contributed by atoms with Gasteiger partial charge in [0.25, 0.3) is 0 Å². The first-order valence-corrected chi connectivity index (χ1v) is 7.03. The van der Waals surface area contributed by atoms with Crippen molar-refractivity contribution in [1.29, 1.82) is 0 Å². The lowest BCUT2D eigenvalue weighted by Crippen LogP contribution is -2.51. The molecule has 3 heteroatoms. The van der Waals surface area contributed by atoms with Gasteiger partial charge in [0.05, 0.1) is 12.5 Å². The van der Waals surface area contributed by atoms with Crippen molar-refractivity contribution in [2.24, 2.45) is 0 Å². The Hall–Kier alpha value is -1.35. The number of fused-ring (bicyclic) bond motifs is 2. The Morgan fingerprint density at radius 1 is 1.21 bits per heavy atom. The number of methoxy groups -OCH3 is 1. The molecular weight excluding hydrogens is 238 g/mol. The van der Waals surface area contributed by atoms with Gasteiger partial charge in [-0.25, -0.2) is 0 Å². The molecule has 0 amide bonds. The maximum Gasteiger partial charge on any atom is 0.316 e. The zero-order chi connectivity index (χ0) is 13.5. The van der Waals surface area contributed by atoms with Gasteiger partial charge in [-0.05, 0) is 38.3 Å². The van der Waals surface area contributed by atoms with Crippen molar-refractivity contribution >= 4 is 5.97 Å². The lowest BCUT2D eigenvalue weighted by molar-refractivity contribution is -0.150. The molecule has 3 atom stereocenters. The number of piperidine rings is 1. The number of rotatable bonds is 2. The van der Waals surface area contributed by atoms with Gasteiger partial charge in [-0.15, -0.1) is 0 Å². The highest BCUT2D eigenvalue weighted by Crippen LogP contribution is 2.47. The molecule has 0 aliphatic carbocycles. The summed E-state index contributed by atoms with van der Waals surface area (Å²) in [6.45, 7) is 0. The first-order chi connectivity index (χ1) is 9.17. The number of nitrogens with zero attached hydrogens (tertiary/aromatic N) is 1. The molecule has 2 bridgehead atoms. The van der Waals surface area contributed by atoms with Gasteiger partial charge in [0, 0.05) is 12.1 Å². The normalized spacial score (nSPS) is 34.2. The third kappa shape index (κ3) is 1.88. The molecule has 2 fully saturated rings. The molecule has 0 spiro atoms. The Morgan fingerprint density at radius 2 is 1.79 bits per heavy atom. The van der Waals surface area contributed by atoms with E-state index in [1.165, 1.54) is 20.0 Å². The predicted molar refractivity (Wildman–Crippen MR) is 73.9 cm³/mol. The van der Waals surface area contributed by atoms with E-state index in [4.69, 9.17) is 4.74 Å². The van der Waals surface area contributed by atoms with E-state index in [2.05, 4.69) is 24.1 Å². The van der Waals surface area contributed by atoms with Crippen molar-refractivity contribution in [2.75, 3.05) is 14.2 Å². The second-order valence-electron chi connectivity index (χ2n) is 5.90. The molecule has 3 nitrogen and oxygen atoms in total. The molecule has 0 aromatic heterocycles. The van der Waals surface area contributed by atoms with Gasteiger partial charge in [0.1, 0.15) is 0 Å². The average Bonchev–Trinajstić information content (AvgIpc) is 2.69. The molecule has 0 N–H and O–H groups in total. The van der Waals surface area contributed by atoms with Crippen LogP contribution in [0.2, 0.25) is 0 Å². The lowest BCUT2D eigenvalue weighted by atomic mass is 9.70. The first-order valence-electron chi connectivity index (χ1n) is 7.03. The van der Waals surface area contributed by atoms with E-state index in [-0.39, 0.29) is 5.97 Å². The van der Waals surface area contributed by atoms with Crippen LogP contribution in [0.4, 0.5) is 0 Å². The van der Waals surface area contributed by atoms with Crippen LogP contribution in [0.5, 0.6) is 0 Å². The van der Waals surface area contributed by atoms with Crippen molar-refractivity contribution in [3.8, 4) is 0 Å². The summed E-state index contributed by atoms with van der Waals surface area (Å²) in [6.07, 6.45) is 4.17. The van der Waals surface area contributed by atoms with E-state index >= 15 is 0 Å². The molecule has 2 saturated heterocycles. The van der Waals surface area contributed by atoms with Crippen molar-refractivity contribution in [3.63, 3.8) is 0 Å². The first kappa shape index (κ1) is 12.7. The fourth-order valence-corrected chi connectivity index (χ4v) is 3.94. The maximum atomic E-state index is 12.5. The van der Waals surface area contributed by atoms with Crippen LogP contribution in [0.1, 0.15) is 31.2 Å². The number of hydrogen-bond acceptors (Lipinski definition) is 3. The van der Waals surface area contributed by atoms with Gasteiger partial charge in [-0.3, -0.25) is 4.79 Å². The third-order valence-electron chi connectivity index (χ3n) is 5.06. The Labute approximate surface area is 114 Å². The highest BCUT2D eigenvalue weighted by Gasteiger charge is 2.52. The molecule has 19 heavy (non-hydrogen) atoms. The zero-order valence-corrected chi connectivity index (χ0v) is 11.6. The fraction of sp³-hybridized carbons (Fsp3) is 0.562. The Morgan fingerprint density at radius 3 is 2.32 bits per heavy atom. The summed E-state index contributed by atoms with van der Waals surface area (Å²) in [7, 11) is 3.70. The number of carbonyl (C=O) groups excluding carboxylic acids is 1. The quantitative estimate of drug-likeness (QED) is 0.764. The van der Waals surface area contributed by atoms with Crippen LogP contribution in [0, 0.1) is 0 Å². The molecular formula is C16H21NO2. The second kappa shape index (κ2) is 4.64. The monoisotopic (exact) mass is 259 g/mol. The molecule has 1 unspecified atom stereocenters. The molecule has 1 aromatic rings. The van der Waals surface area contributed by atoms with Crippen molar-refractivity contribution in [1.82, 2.24) is 4.90 Å². The summed E-state index contributed by atoms with van der Waals surface area (Å²) in [5.74, 6) is -0.0660. The summed E-state index contributed by atoms with van der Waals surface area (Å²) < 4.78 is 5.15. The Bertz CT molecular complexity index is 457. The number of ether oxygens (including phenoxy) is 1. The fourth-order valence-electron chi connectivity index (χ4n) is 3.94. The van der Waals surface area contributed by atoms with E-state index in [9.17, 15) is 4.79 Å². The van der Waals surface area contributed by atoms with Gasteiger partial charge >= 0.3 is 5.97 Å². The molecule has 0 saturated carbocycles. The molecule has 0 radical (unpaired) electrons. The topological polar surface area (TPSA) is 29.5 Å². The minimum Gasteiger partial charge on any atom is -0.468 e. The number of carbonyl (C=O) groups is 1. The van der Waals surface area contributed by atoms with E-state index in [0.717, 1.165) is 18.4 Å². The molecule has 2 aliphatic rings. The molecule has 102 valence electrons. The minimum absolute atomic E-state index is 0.0660. The maximum absolute atomic E-state index is 12.5. The van der Waals surface area contributed by atoms with Crippen LogP contribution < -0.4 is 0 Å². The van der Waals surface area contributed by atoms with Crippen LogP contribution in [0.25, 0.3) is 0 Å². The van der Waals surface area contributed by atoms with Gasteiger partial charge in [-0.1, -0.05) is 30.3 Å². The highest BCUT2D eigenvalue weighted by molar-refractivity contribution is 5.83. The Balaban J connectivity index is 2.02. The van der Waals surface area contributed by atoms with E-state index < -0.39 is 5.41 Å².